The number of esters is 1. The molecular weight excluding hydrogens is 478 g/mol. The number of hydrogen-bond acceptors (Lipinski definition) is 8. The zero-order valence-electron chi connectivity index (χ0n) is 22.3. The van der Waals surface area contributed by atoms with Gasteiger partial charge in [-0.3, -0.25) is 19.3 Å². The molecule has 2 rings (SSSR count). The Morgan fingerprint density at radius 3 is 1.65 bits per heavy atom. The predicted molar refractivity (Wildman–Crippen MR) is 139 cm³/mol. The molecule has 0 radical (unpaired) electrons. The van der Waals surface area contributed by atoms with Gasteiger partial charge in [0.15, 0.2) is 0 Å². The average Bonchev–Trinajstić information content (AvgIpc) is 3.15. The average molecular weight is 522 g/mol. The van der Waals surface area contributed by atoms with E-state index in [2.05, 4.69) is 6.92 Å². The standard InChI is InChI=1S/C28H43NO8/c1-2-3-4-5-6-7-8-13-26(30)37-23-22-36-21-20-35-19-18-34-17-16-33-15-14-29-27(31)24-11-9-10-12-25(24)28(29)32/h9-12H,2-8,13-23H2,1H3. The molecule has 0 spiro atoms. The molecule has 0 N–H and O–H groups in total. The summed E-state index contributed by atoms with van der Waals surface area (Å²) in [5, 5.41) is 0. The van der Waals surface area contributed by atoms with Gasteiger partial charge in [0.25, 0.3) is 11.8 Å². The molecule has 37 heavy (non-hydrogen) atoms. The molecule has 1 aromatic rings. The Balaban J connectivity index is 1.29. The molecule has 1 aliphatic rings. The maximum absolute atomic E-state index is 12.3. The highest BCUT2D eigenvalue weighted by atomic mass is 16.6. The fraction of sp³-hybridized carbons (Fsp3) is 0.679. The summed E-state index contributed by atoms with van der Waals surface area (Å²) in [7, 11) is 0. The van der Waals surface area contributed by atoms with Crippen LogP contribution in [0.5, 0.6) is 0 Å². The van der Waals surface area contributed by atoms with Crippen LogP contribution in [0.25, 0.3) is 0 Å². The Morgan fingerprint density at radius 1 is 0.649 bits per heavy atom. The second-order valence-electron chi connectivity index (χ2n) is 8.85. The van der Waals surface area contributed by atoms with Crippen LogP contribution in [0.3, 0.4) is 0 Å². The van der Waals surface area contributed by atoms with Gasteiger partial charge in [0, 0.05) is 6.42 Å². The number of carbonyl (C=O) groups is 3. The molecule has 0 bridgehead atoms. The maximum atomic E-state index is 12.3. The Bertz CT molecular complexity index is 765. The van der Waals surface area contributed by atoms with E-state index in [1.807, 2.05) is 0 Å². The van der Waals surface area contributed by atoms with Gasteiger partial charge in [0.05, 0.1) is 70.5 Å². The van der Waals surface area contributed by atoms with Gasteiger partial charge in [0.2, 0.25) is 0 Å². The molecule has 208 valence electrons. The smallest absolute Gasteiger partial charge is 0.305 e. The van der Waals surface area contributed by atoms with Crippen molar-refractivity contribution in [3.63, 3.8) is 0 Å². The third-order valence-electron chi connectivity index (χ3n) is 5.93. The topological polar surface area (TPSA) is 101 Å². The van der Waals surface area contributed by atoms with Crippen LogP contribution in [0.2, 0.25) is 0 Å². The van der Waals surface area contributed by atoms with Crippen LogP contribution in [0.4, 0.5) is 0 Å². The third kappa shape index (κ3) is 12.6. The second kappa shape index (κ2) is 19.7. The summed E-state index contributed by atoms with van der Waals surface area (Å²) in [5.74, 6) is -0.707. The first-order valence-electron chi connectivity index (χ1n) is 13.6. The van der Waals surface area contributed by atoms with E-state index < -0.39 is 0 Å². The lowest BCUT2D eigenvalue weighted by Crippen LogP contribution is -2.33. The molecule has 9 heteroatoms. The first-order chi connectivity index (χ1) is 18.1. The molecular formula is C28H43NO8. The minimum Gasteiger partial charge on any atom is -0.463 e. The number of imide groups is 1. The van der Waals surface area contributed by atoms with Crippen molar-refractivity contribution >= 4 is 17.8 Å². The number of rotatable bonds is 23. The van der Waals surface area contributed by atoms with E-state index in [1.165, 1.54) is 37.0 Å². The first-order valence-corrected chi connectivity index (χ1v) is 13.6. The predicted octanol–water partition coefficient (Wildman–Crippen LogP) is 4.03. The van der Waals surface area contributed by atoms with Crippen molar-refractivity contribution < 1.29 is 38.1 Å². The number of amides is 2. The summed E-state index contributed by atoms with van der Waals surface area (Å²) < 4.78 is 26.9. The van der Waals surface area contributed by atoms with Crippen LogP contribution in [0.15, 0.2) is 24.3 Å². The Hall–Kier alpha value is -2.33. The molecule has 0 saturated heterocycles. The third-order valence-corrected chi connectivity index (χ3v) is 5.93. The van der Waals surface area contributed by atoms with Gasteiger partial charge in [-0.15, -0.1) is 0 Å². The summed E-state index contributed by atoms with van der Waals surface area (Å²) in [6.45, 7) is 5.80. The molecule has 1 aromatic carbocycles. The molecule has 0 atom stereocenters. The van der Waals surface area contributed by atoms with Crippen LogP contribution in [-0.4, -0.2) is 88.7 Å². The second-order valence-corrected chi connectivity index (χ2v) is 8.85. The van der Waals surface area contributed by atoms with E-state index in [1.54, 1.807) is 24.3 Å². The summed E-state index contributed by atoms with van der Waals surface area (Å²) in [6, 6.07) is 6.81. The van der Waals surface area contributed by atoms with Crippen molar-refractivity contribution in [1.82, 2.24) is 4.90 Å². The number of nitrogens with zero attached hydrogens (tertiary/aromatic N) is 1. The number of benzene rings is 1. The van der Waals surface area contributed by atoms with E-state index in [0.29, 0.717) is 63.8 Å². The van der Waals surface area contributed by atoms with E-state index in [4.69, 9.17) is 23.7 Å². The SMILES string of the molecule is CCCCCCCCCC(=O)OCCOCCOCCOCCOCCN1C(=O)c2ccccc2C1=O. The molecule has 0 aliphatic carbocycles. The minimum absolute atomic E-state index is 0.155. The van der Waals surface area contributed by atoms with Gasteiger partial charge >= 0.3 is 5.97 Å². The van der Waals surface area contributed by atoms with E-state index in [9.17, 15) is 14.4 Å². The molecule has 1 aliphatic heterocycles. The first kappa shape index (κ1) is 30.9. The zero-order chi connectivity index (χ0) is 26.6. The van der Waals surface area contributed by atoms with Crippen LogP contribution in [0.1, 0.15) is 79.0 Å². The van der Waals surface area contributed by atoms with Gasteiger partial charge in [-0.25, -0.2) is 0 Å². The van der Waals surface area contributed by atoms with Gasteiger partial charge in [-0.05, 0) is 18.6 Å². The Labute approximate surface area is 220 Å². The number of ether oxygens (including phenoxy) is 5. The van der Waals surface area contributed by atoms with Crippen LogP contribution < -0.4 is 0 Å². The van der Waals surface area contributed by atoms with Crippen LogP contribution in [0, 0.1) is 0 Å². The van der Waals surface area contributed by atoms with Crippen molar-refractivity contribution in [3.8, 4) is 0 Å². The quantitative estimate of drug-likeness (QED) is 0.121. The minimum atomic E-state index is -0.276. The van der Waals surface area contributed by atoms with Crippen molar-refractivity contribution in [2.24, 2.45) is 0 Å². The molecule has 0 saturated carbocycles. The normalized spacial score (nSPS) is 12.8. The van der Waals surface area contributed by atoms with E-state index in [-0.39, 0.29) is 37.5 Å². The molecule has 2 amide bonds. The zero-order valence-corrected chi connectivity index (χ0v) is 22.3. The summed E-state index contributed by atoms with van der Waals surface area (Å²) in [4.78, 5) is 37.4. The maximum Gasteiger partial charge on any atom is 0.305 e. The lowest BCUT2D eigenvalue weighted by Gasteiger charge is -2.13. The fourth-order valence-corrected chi connectivity index (χ4v) is 3.87. The van der Waals surface area contributed by atoms with E-state index in [0.717, 1.165) is 12.8 Å². The lowest BCUT2D eigenvalue weighted by molar-refractivity contribution is -0.145. The lowest BCUT2D eigenvalue weighted by atomic mass is 10.1. The molecule has 9 nitrogen and oxygen atoms in total. The van der Waals surface area contributed by atoms with Crippen LogP contribution >= 0.6 is 0 Å². The van der Waals surface area contributed by atoms with Gasteiger partial charge in [-0.2, -0.15) is 0 Å². The highest BCUT2D eigenvalue weighted by Gasteiger charge is 2.34. The van der Waals surface area contributed by atoms with Crippen molar-refractivity contribution in [1.29, 1.82) is 0 Å². The van der Waals surface area contributed by atoms with Crippen molar-refractivity contribution in [2.45, 2.75) is 58.3 Å². The highest BCUT2D eigenvalue weighted by molar-refractivity contribution is 6.21. The van der Waals surface area contributed by atoms with Gasteiger partial charge < -0.3 is 23.7 Å². The van der Waals surface area contributed by atoms with Gasteiger partial charge in [0.1, 0.15) is 6.61 Å². The Morgan fingerprint density at radius 2 is 1.11 bits per heavy atom. The molecule has 1 heterocycles. The summed E-state index contributed by atoms with van der Waals surface area (Å²) in [5.41, 5.74) is 0.887. The number of unbranched alkanes of at least 4 members (excludes halogenated alkanes) is 6. The number of fused-ring (bicyclic) bond motifs is 1. The molecule has 0 fully saturated rings. The Kier molecular flexibility index (Phi) is 16.5. The fourth-order valence-electron chi connectivity index (χ4n) is 3.87. The van der Waals surface area contributed by atoms with Crippen LogP contribution in [-0.2, 0) is 28.5 Å². The molecule has 0 aromatic heterocycles. The number of carbonyl (C=O) groups excluding carboxylic acids is 3. The largest absolute Gasteiger partial charge is 0.463 e. The van der Waals surface area contributed by atoms with Gasteiger partial charge in [-0.1, -0.05) is 57.6 Å². The molecule has 0 unspecified atom stereocenters. The van der Waals surface area contributed by atoms with E-state index >= 15 is 0 Å². The number of hydrogen-bond donors (Lipinski definition) is 0. The van der Waals surface area contributed by atoms with Crippen molar-refractivity contribution in [3.05, 3.63) is 35.4 Å². The highest BCUT2D eigenvalue weighted by Crippen LogP contribution is 2.21. The monoisotopic (exact) mass is 521 g/mol. The summed E-state index contributed by atoms with van der Waals surface area (Å²) in [6.07, 6.45) is 8.73. The summed E-state index contributed by atoms with van der Waals surface area (Å²) >= 11 is 0. The van der Waals surface area contributed by atoms with Crippen molar-refractivity contribution in [2.75, 3.05) is 66.0 Å².